The highest BCUT2D eigenvalue weighted by atomic mass is 16.5. The van der Waals surface area contributed by atoms with Crippen LogP contribution in [0.2, 0.25) is 0 Å². The molecule has 2 heterocycles. The smallest absolute Gasteiger partial charge is 0.256 e. The first-order valence-electron chi connectivity index (χ1n) is 11.5. The first-order chi connectivity index (χ1) is 16.6. The number of para-hydroxylation sites is 1. The van der Waals surface area contributed by atoms with Crippen molar-refractivity contribution in [2.75, 3.05) is 11.9 Å². The molecule has 7 heteroatoms. The number of anilines is 1. The number of fused-ring (bicyclic) bond motifs is 1. The molecule has 0 saturated carbocycles. The second-order valence-electron chi connectivity index (χ2n) is 8.13. The summed E-state index contributed by atoms with van der Waals surface area (Å²) in [5.41, 5.74) is 2.55. The average molecular weight is 454 g/mol. The molecule has 0 radical (unpaired) electrons. The van der Waals surface area contributed by atoms with E-state index in [-0.39, 0.29) is 17.3 Å². The average Bonchev–Trinajstić information content (AvgIpc) is 3.26. The maximum atomic E-state index is 13.0. The predicted molar refractivity (Wildman–Crippen MR) is 132 cm³/mol. The number of carbonyl (C=O) groups excluding carboxylic acids is 1. The predicted octanol–water partition coefficient (Wildman–Crippen LogP) is 5.81. The van der Waals surface area contributed by atoms with Crippen LogP contribution in [-0.4, -0.2) is 27.3 Å². The number of nitrogens with zero attached hydrogens (tertiary/aromatic N) is 4. The summed E-state index contributed by atoms with van der Waals surface area (Å²) in [7, 11) is 0. The van der Waals surface area contributed by atoms with Crippen molar-refractivity contribution in [2.45, 2.75) is 39.5 Å². The number of ether oxygens (including phenoxy) is 1. The van der Waals surface area contributed by atoms with Crippen molar-refractivity contribution in [3.8, 4) is 17.6 Å². The van der Waals surface area contributed by atoms with E-state index in [1.807, 2.05) is 37.3 Å². The molecule has 7 nitrogen and oxygen atoms in total. The van der Waals surface area contributed by atoms with E-state index in [0.29, 0.717) is 18.0 Å². The van der Waals surface area contributed by atoms with Crippen LogP contribution in [0.5, 0.6) is 5.75 Å². The summed E-state index contributed by atoms with van der Waals surface area (Å²) >= 11 is 0. The normalized spacial score (nSPS) is 10.7. The Labute approximate surface area is 199 Å². The molecule has 0 saturated heterocycles. The van der Waals surface area contributed by atoms with E-state index in [1.54, 1.807) is 24.3 Å². The molecule has 0 aliphatic heterocycles. The van der Waals surface area contributed by atoms with Gasteiger partial charge in [-0.3, -0.25) is 4.79 Å². The summed E-state index contributed by atoms with van der Waals surface area (Å²) < 4.78 is 7.25. The highest BCUT2D eigenvalue weighted by Crippen LogP contribution is 2.24. The van der Waals surface area contributed by atoms with Crippen LogP contribution in [0.4, 0.5) is 5.82 Å². The fourth-order valence-electron chi connectivity index (χ4n) is 3.77. The number of pyridine rings is 1. The van der Waals surface area contributed by atoms with E-state index in [1.165, 1.54) is 23.7 Å². The standard InChI is InChI=1S/C27H27N5O2/c1-3-4-5-8-15-34-22-13-11-20(12-14-22)27(33)31-26-21(17-28)18-29-32(26)25-16-19(2)23-9-6-7-10-24(23)30-25/h6-7,9-14,16,18H,3-5,8,15H2,1-2H3,(H,31,33). The molecule has 2 aromatic heterocycles. The van der Waals surface area contributed by atoms with Crippen molar-refractivity contribution in [2.24, 2.45) is 0 Å². The van der Waals surface area contributed by atoms with E-state index in [0.717, 1.165) is 35.1 Å². The highest BCUT2D eigenvalue weighted by molar-refractivity contribution is 6.04. The van der Waals surface area contributed by atoms with Crippen molar-refractivity contribution < 1.29 is 9.53 Å². The van der Waals surface area contributed by atoms with Gasteiger partial charge in [0.1, 0.15) is 17.4 Å². The molecule has 4 rings (SSSR count). The maximum Gasteiger partial charge on any atom is 0.256 e. The summed E-state index contributed by atoms with van der Waals surface area (Å²) in [5, 5.41) is 17.8. The number of benzene rings is 2. The number of carbonyl (C=O) groups is 1. The number of rotatable bonds is 9. The van der Waals surface area contributed by atoms with Crippen LogP contribution in [-0.2, 0) is 0 Å². The van der Waals surface area contributed by atoms with E-state index in [9.17, 15) is 10.1 Å². The summed E-state index contributed by atoms with van der Waals surface area (Å²) in [6.07, 6.45) is 5.98. The van der Waals surface area contributed by atoms with Gasteiger partial charge in [0.15, 0.2) is 11.6 Å². The number of hydrogen-bond acceptors (Lipinski definition) is 5. The lowest BCUT2D eigenvalue weighted by molar-refractivity contribution is 0.102. The van der Waals surface area contributed by atoms with Crippen molar-refractivity contribution in [1.82, 2.24) is 14.8 Å². The van der Waals surface area contributed by atoms with Crippen LogP contribution >= 0.6 is 0 Å². The monoisotopic (exact) mass is 453 g/mol. The Bertz CT molecular complexity index is 1340. The fourth-order valence-corrected chi connectivity index (χ4v) is 3.77. The van der Waals surface area contributed by atoms with E-state index in [2.05, 4.69) is 28.4 Å². The topological polar surface area (TPSA) is 92.8 Å². The third-order valence-corrected chi connectivity index (χ3v) is 5.63. The molecule has 1 N–H and O–H groups in total. The van der Waals surface area contributed by atoms with Crippen LogP contribution in [0.3, 0.4) is 0 Å². The minimum Gasteiger partial charge on any atom is -0.494 e. The van der Waals surface area contributed by atoms with Gasteiger partial charge in [0, 0.05) is 10.9 Å². The summed E-state index contributed by atoms with van der Waals surface area (Å²) in [4.78, 5) is 17.6. The van der Waals surface area contributed by atoms with E-state index >= 15 is 0 Å². The fraction of sp³-hybridized carbons (Fsp3) is 0.259. The van der Waals surface area contributed by atoms with Crippen LogP contribution in [0.15, 0.2) is 60.8 Å². The van der Waals surface area contributed by atoms with Crippen molar-refractivity contribution >= 4 is 22.6 Å². The Morgan fingerprint density at radius 3 is 2.68 bits per heavy atom. The number of nitrogens with one attached hydrogen (secondary N) is 1. The second kappa shape index (κ2) is 10.6. The first-order valence-corrected chi connectivity index (χ1v) is 11.5. The second-order valence-corrected chi connectivity index (χ2v) is 8.13. The lowest BCUT2D eigenvalue weighted by atomic mass is 10.1. The molecule has 0 aliphatic rings. The maximum absolute atomic E-state index is 13.0. The van der Waals surface area contributed by atoms with Crippen LogP contribution in [0.1, 0.15) is 54.1 Å². The van der Waals surface area contributed by atoms with Gasteiger partial charge in [-0.05, 0) is 55.3 Å². The van der Waals surface area contributed by atoms with Crippen LogP contribution in [0.25, 0.3) is 16.7 Å². The van der Waals surface area contributed by atoms with Gasteiger partial charge in [0.25, 0.3) is 5.91 Å². The van der Waals surface area contributed by atoms with Crippen LogP contribution in [0, 0.1) is 18.3 Å². The molecule has 0 bridgehead atoms. The van der Waals surface area contributed by atoms with Crippen molar-refractivity contribution in [3.05, 3.63) is 77.5 Å². The molecule has 1 amide bonds. The quantitative estimate of drug-likeness (QED) is 0.323. The number of amides is 1. The highest BCUT2D eigenvalue weighted by Gasteiger charge is 2.18. The minimum atomic E-state index is -0.342. The van der Waals surface area contributed by atoms with Gasteiger partial charge < -0.3 is 10.1 Å². The Morgan fingerprint density at radius 2 is 1.91 bits per heavy atom. The van der Waals surface area contributed by atoms with E-state index < -0.39 is 0 Å². The third-order valence-electron chi connectivity index (χ3n) is 5.63. The Hall–Kier alpha value is -4.18. The van der Waals surface area contributed by atoms with Gasteiger partial charge in [0.05, 0.1) is 18.3 Å². The lowest BCUT2D eigenvalue weighted by Crippen LogP contribution is -2.16. The molecule has 0 atom stereocenters. The first kappa shape index (κ1) is 23.0. The number of hydrogen-bond donors (Lipinski definition) is 1. The Balaban J connectivity index is 1.53. The Kier molecular flexibility index (Phi) is 7.19. The largest absolute Gasteiger partial charge is 0.494 e. The summed E-state index contributed by atoms with van der Waals surface area (Å²) in [6.45, 7) is 4.83. The molecule has 0 unspecified atom stereocenters. The molecule has 0 spiro atoms. The van der Waals surface area contributed by atoms with Gasteiger partial charge in [-0.15, -0.1) is 0 Å². The number of nitriles is 1. The zero-order valence-electron chi connectivity index (χ0n) is 19.4. The van der Waals surface area contributed by atoms with Crippen molar-refractivity contribution in [3.63, 3.8) is 0 Å². The zero-order chi connectivity index (χ0) is 23.9. The minimum absolute atomic E-state index is 0.257. The van der Waals surface area contributed by atoms with Crippen molar-refractivity contribution in [1.29, 1.82) is 5.26 Å². The lowest BCUT2D eigenvalue weighted by Gasteiger charge is -2.11. The molecule has 172 valence electrons. The van der Waals surface area contributed by atoms with Gasteiger partial charge in [-0.1, -0.05) is 44.4 Å². The van der Waals surface area contributed by atoms with Crippen LogP contribution < -0.4 is 10.1 Å². The molecule has 0 aliphatic carbocycles. The molecule has 4 aromatic rings. The number of unbranched alkanes of at least 4 members (excludes halogenated alkanes) is 3. The SMILES string of the molecule is CCCCCCOc1ccc(C(=O)Nc2c(C#N)cnn2-c2cc(C)c3ccccc3n2)cc1. The van der Waals surface area contributed by atoms with Gasteiger partial charge in [-0.2, -0.15) is 15.0 Å². The van der Waals surface area contributed by atoms with Gasteiger partial charge >= 0.3 is 0 Å². The molecule has 2 aromatic carbocycles. The summed E-state index contributed by atoms with van der Waals surface area (Å²) in [6, 6.07) is 18.8. The summed E-state index contributed by atoms with van der Waals surface area (Å²) in [5.74, 6) is 1.20. The van der Waals surface area contributed by atoms with Gasteiger partial charge in [-0.25, -0.2) is 4.98 Å². The number of aryl methyl sites for hydroxylation is 1. The molecular formula is C27H27N5O2. The number of aromatic nitrogens is 3. The molecule has 34 heavy (non-hydrogen) atoms. The van der Waals surface area contributed by atoms with Gasteiger partial charge in [0.2, 0.25) is 0 Å². The molecule has 0 fully saturated rings. The zero-order valence-corrected chi connectivity index (χ0v) is 19.4. The third kappa shape index (κ3) is 5.07. The van der Waals surface area contributed by atoms with E-state index in [4.69, 9.17) is 4.74 Å². The molecular weight excluding hydrogens is 426 g/mol. The Morgan fingerprint density at radius 1 is 1.12 bits per heavy atom.